The largest absolute Gasteiger partial charge is 0.506 e. The maximum atomic E-state index is 14.5. The number of hydrogen-bond donors (Lipinski definition) is 4. The number of esters is 1. The Morgan fingerprint density at radius 1 is 0.762 bits per heavy atom. The zero-order valence-electron chi connectivity index (χ0n) is 74.5. The van der Waals surface area contributed by atoms with Gasteiger partial charge in [0.25, 0.3) is 17.7 Å². The molecule has 10 atom stereocenters. The van der Waals surface area contributed by atoms with Crippen LogP contribution >= 0.6 is 34.9 Å². The molecule has 126 heavy (non-hydrogen) atoms. The number of likely N-dealkylation sites (tertiary alicyclic amines) is 1. The van der Waals surface area contributed by atoms with Crippen LogP contribution in [0.15, 0.2) is 77.1 Å². The van der Waals surface area contributed by atoms with Gasteiger partial charge < -0.3 is 78.6 Å². The quantitative estimate of drug-likeness (QED) is 0.0138. The molecule has 10 rings (SSSR count). The molecule has 0 spiro atoms. The molecule has 0 bridgehead atoms. The van der Waals surface area contributed by atoms with Crippen molar-refractivity contribution in [3.63, 3.8) is 0 Å². The van der Waals surface area contributed by atoms with Crippen molar-refractivity contribution < 1.29 is 101 Å². The van der Waals surface area contributed by atoms with E-state index in [0.717, 1.165) is 80.2 Å². The number of methoxy groups -OCH3 is 1. The third kappa shape index (κ3) is 28.6. The fraction of sp³-hybridized carbons (Fsp3) is 0.598. The molecular weight excluding hydrogens is 1680 g/mol. The van der Waals surface area contributed by atoms with E-state index in [-0.39, 0.29) is 185 Å². The van der Waals surface area contributed by atoms with Crippen LogP contribution in [0.25, 0.3) is 0 Å². The second-order valence-electron chi connectivity index (χ2n) is 33.3. The highest BCUT2D eigenvalue weighted by atomic mass is 32.2. The van der Waals surface area contributed by atoms with Crippen LogP contribution in [0.1, 0.15) is 204 Å². The molecule has 2 unspecified atom stereocenters. The Morgan fingerprint density at radius 2 is 1.44 bits per heavy atom. The van der Waals surface area contributed by atoms with Crippen molar-refractivity contribution in [3.8, 4) is 23.0 Å². The number of rotatable bonds is 49. The van der Waals surface area contributed by atoms with Gasteiger partial charge in [0.1, 0.15) is 33.2 Å². The number of aromatic hydroxyl groups is 1. The molecule has 0 radical (unpaired) electrons. The van der Waals surface area contributed by atoms with Crippen LogP contribution in [-0.4, -0.2) is 267 Å². The third-order valence-corrected chi connectivity index (χ3v) is 27.5. The van der Waals surface area contributed by atoms with Crippen molar-refractivity contribution in [2.75, 3.05) is 135 Å². The number of ether oxygens (including phenoxy) is 8. The third-order valence-electron chi connectivity index (χ3n) is 23.6. The number of aromatic nitrogens is 1. The Labute approximate surface area is 751 Å². The maximum absolute atomic E-state index is 14.5. The highest BCUT2D eigenvalue weighted by Crippen LogP contribution is 2.43. The molecular formula is C92H126N10O21S3. The van der Waals surface area contributed by atoms with Gasteiger partial charge in [0.05, 0.1) is 131 Å². The van der Waals surface area contributed by atoms with Gasteiger partial charge in [-0.05, 0) is 132 Å². The van der Waals surface area contributed by atoms with Crippen molar-refractivity contribution in [3.05, 3.63) is 105 Å². The van der Waals surface area contributed by atoms with E-state index in [1.54, 1.807) is 75.7 Å². The Morgan fingerprint density at radius 3 is 2.14 bits per heavy atom. The first-order valence-corrected chi connectivity index (χ1v) is 46.8. The minimum atomic E-state index is -0.859. The molecule has 31 nitrogen and oxygen atoms in total. The van der Waals surface area contributed by atoms with Gasteiger partial charge in [-0.15, -0.1) is 34.9 Å². The first-order valence-electron chi connectivity index (χ1n) is 43.9. The molecule has 4 aromatic rings. The van der Waals surface area contributed by atoms with Crippen LogP contribution in [0, 0.1) is 24.7 Å². The number of piperidine rings is 1. The summed E-state index contributed by atoms with van der Waals surface area (Å²) in [6, 6.07) is 10.7. The van der Waals surface area contributed by atoms with Gasteiger partial charge in [0, 0.05) is 113 Å². The number of nitrogens with zero attached hydrogens (tertiary/aromatic N) is 7. The number of benzene rings is 3. The van der Waals surface area contributed by atoms with Gasteiger partial charge in [-0.1, -0.05) is 84.3 Å². The summed E-state index contributed by atoms with van der Waals surface area (Å²) < 4.78 is 47.0. The number of ketones is 2. The number of unbranched alkanes of at least 4 members (excludes halogenated alkanes) is 2. The summed E-state index contributed by atoms with van der Waals surface area (Å²) in [4.78, 5) is 171. The van der Waals surface area contributed by atoms with E-state index in [1.165, 1.54) is 47.9 Å². The topological polar surface area (TPSA) is 376 Å². The molecule has 1 aromatic heterocycles. The van der Waals surface area contributed by atoms with Crippen LogP contribution in [0.5, 0.6) is 23.0 Å². The Balaban J connectivity index is 0.00000590. The normalized spacial score (nSPS) is 19.0. The van der Waals surface area contributed by atoms with Crippen molar-refractivity contribution in [1.29, 1.82) is 0 Å². The predicted molar refractivity (Wildman–Crippen MR) is 481 cm³/mol. The lowest BCUT2D eigenvalue weighted by atomic mass is 9.83. The van der Waals surface area contributed by atoms with E-state index in [1.807, 2.05) is 54.7 Å². The number of phenolic OH excluding ortho intramolecular Hbond substituents is 1. The average Bonchev–Trinajstić information content (AvgIpc) is 1.60. The van der Waals surface area contributed by atoms with Crippen molar-refractivity contribution in [1.82, 2.24) is 35.2 Å². The molecule has 7 amide bonds. The highest BCUT2D eigenvalue weighted by Gasteiger charge is 2.43. The summed E-state index contributed by atoms with van der Waals surface area (Å²) in [7, 11) is 5.28. The average molecular weight is 1800 g/mol. The predicted octanol–water partition coefficient (Wildman–Crippen LogP) is 11.7. The number of thiazole rings is 1. The van der Waals surface area contributed by atoms with Gasteiger partial charge >= 0.3 is 12.1 Å². The number of aryl methyl sites for hydroxylation is 1. The van der Waals surface area contributed by atoms with Crippen molar-refractivity contribution in [2.24, 2.45) is 22.7 Å². The molecule has 6 aliphatic rings. The number of Topliss-reactive ketones (excluding diaryl/α,β-unsaturated/α-hetero) is 2. The van der Waals surface area contributed by atoms with Crippen LogP contribution in [-0.2, 0) is 73.3 Å². The van der Waals surface area contributed by atoms with Crippen molar-refractivity contribution in [2.45, 2.75) is 211 Å². The molecule has 6 aliphatic heterocycles. The lowest BCUT2D eigenvalue weighted by Crippen LogP contribution is -2.48. The first kappa shape index (κ1) is 100. The number of phenols is 1. The number of fused-ring (bicyclic) bond motifs is 4. The molecule has 0 saturated carbocycles. The van der Waals surface area contributed by atoms with E-state index >= 15 is 0 Å². The van der Waals surface area contributed by atoms with Gasteiger partial charge in [-0.3, -0.25) is 57.8 Å². The molecule has 0 aliphatic carbocycles. The van der Waals surface area contributed by atoms with Crippen molar-refractivity contribution >= 4 is 123 Å². The standard InChI is InChI=1S/C91H126N10O19S3.CO2/c1-13-21-63(94-86(108)71-54-121-88(96-71)81(120-61(9)102)48-73(56(3)4)98(11)89(110)66(59(7)14-2)45-77(105)72-22-16-17-29-97(72)10)43-62-24-25-75(103)70(44-62)95-82(106)26-33-115-38-39-117-35-28-92-87(109)85-84(122-55-123-85)76(104)23-20-30-114-36-37-116-34-27-83(107)101-53-65-41-58(6)52-100(65)91(112)68-42-60(8)78(49-74(68)101)118-31-18-15-19-32-119-80-47-69-67(46-79(80)113-12)90(111)99-51-57(5)40-64(99)50-93-69;2-1-3/h24-25,42,44,46-47,49-50,54,56,59,63-66,72-73,81,84-85,103H,5-6,13-23,26-41,43,45,48,51-53,55H2,1-4,7-12H3,(H,92,109)(H,94,108)(H,95,106);/t59-,63+,64-,65-,66-,72+,73+,81+,84?,85?;/m0./s1. The molecule has 4 saturated heterocycles. The van der Waals surface area contributed by atoms with Crippen LogP contribution < -0.4 is 35.1 Å². The van der Waals surface area contributed by atoms with E-state index in [4.69, 9.17) is 52.5 Å². The van der Waals surface area contributed by atoms with Gasteiger partial charge in [-0.2, -0.15) is 9.59 Å². The summed E-state index contributed by atoms with van der Waals surface area (Å²) in [5.74, 6) is -1.31. The van der Waals surface area contributed by atoms with Gasteiger partial charge in [0.2, 0.25) is 23.6 Å². The molecule has 4 fully saturated rings. The lowest BCUT2D eigenvalue weighted by Gasteiger charge is -2.37. The minimum absolute atomic E-state index is 0.0155. The zero-order chi connectivity index (χ0) is 91.1. The Hall–Kier alpha value is -9.38. The number of aliphatic imine (C=N–C) groups is 1. The summed E-state index contributed by atoms with van der Waals surface area (Å²) >= 11 is 4.07. The molecule has 3 aromatic carbocycles. The Bertz CT molecular complexity index is 4520. The zero-order valence-corrected chi connectivity index (χ0v) is 76.9. The number of anilines is 2. The maximum Gasteiger partial charge on any atom is 0.373 e. The van der Waals surface area contributed by atoms with E-state index in [0.29, 0.717) is 121 Å². The summed E-state index contributed by atoms with van der Waals surface area (Å²) in [6.07, 6.45) is 11.1. The number of amides is 7. The van der Waals surface area contributed by atoms with Crippen LogP contribution in [0.4, 0.5) is 17.1 Å². The number of nitrogens with one attached hydrogen (secondary N) is 3. The minimum Gasteiger partial charge on any atom is -0.506 e. The van der Waals surface area contributed by atoms with Crippen LogP contribution in [0.3, 0.4) is 0 Å². The number of thioether (sulfide) groups is 2. The summed E-state index contributed by atoms with van der Waals surface area (Å²) in [5, 5.41) is 21.1. The lowest BCUT2D eigenvalue weighted by molar-refractivity contribution is -0.192. The highest BCUT2D eigenvalue weighted by molar-refractivity contribution is 8.20. The van der Waals surface area contributed by atoms with Gasteiger partial charge in [-0.25, -0.2) is 4.98 Å². The molecule has 34 heteroatoms. The molecule has 7 heterocycles. The van der Waals surface area contributed by atoms with E-state index in [2.05, 4.69) is 39.0 Å². The van der Waals surface area contributed by atoms with Crippen LogP contribution in [0.2, 0.25) is 0 Å². The smallest absolute Gasteiger partial charge is 0.373 e. The van der Waals surface area contributed by atoms with E-state index in [9.17, 15) is 53.1 Å². The van der Waals surface area contributed by atoms with Gasteiger partial charge in [0.15, 0.2) is 23.4 Å². The fourth-order valence-corrected chi connectivity index (χ4v) is 20.5. The number of likely N-dealkylation sites (N-methyl/N-ethyl adjacent to an activating group) is 1. The summed E-state index contributed by atoms with van der Waals surface area (Å²) in [6.45, 7) is 26.1. The molecule has 4 N–H and O–H groups in total. The molecule has 688 valence electrons. The SMILES string of the molecule is C=C1C[C@H]2CN(C(=O)CCOCCOCCCC(=O)C3SCSC3C(=O)NCCOCCOCCC(=O)Nc3cc(C[C@@H](CCC)NC(=O)c4csc([C@@H](C[C@H](C(C)C)N(C)C(=O)[C@@H](CC(=O)[C@H]5CCCCN5C)[C@@H](C)CC)OC(C)=O)n4)ccc3O)c3cc(OCCCCCOc4cc5c(cc4OC)C(=O)N4CC(=C)C[C@H]4C=N5)c(C)cc3C(=O)N2C1.O=C=O. The monoisotopic (exact) mass is 1800 g/mol. The number of hydrogen-bond acceptors (Lipinski definition) is 27. The second kappa shape index (κ2) is 50.4. The number of carbonyl (C=O) groups is 10. The summed E-state index contributed by atoms with van der Waals surface area (Å²) in [5.41, 5.74) is 5.73. The van der Waals surface area contributed by atoms with E-state index < -0.39 is 46.3 Å². The second-order valence-corrected chi connectivity index (χ2v) is 36.8. The number of carbonyl (C=O) groups excluding carboxylic acids is 12. The fourth-order valence-electron chi connectivity index (χ4n) is 16.6. The Kier molecular flexibility index (Phi) is 40.1. The first-order chi connectivity index (χ1) is 60.6.